The molecule has 0 atom stereocenters. The fourth-order valence-electron chi connectivity index (χ4n) is 3.49. The van der Waals surface area contributed by atoms with Gasteiger partial charge in [0.1, 0.15) is 17.4 Å². The summed E-state index contributed by atoms with van der Waals surface area (Å²) in [6.45, 7) is 6.26. The van der Waals surface area contributed by atoms with E-state index in [0.717, 1.165) is 55.5 Å². The Bertz CT molecular complexity index is 714. The minimum Gasteiger partial charge on any atom is -0.486 e. The zero-order valence-corrected chi connectivity index (χ0v) is 16.5. The summed E-state index contributed by atoms with van der Waals surface area (Å²) in [5.74, 6) is 0.116. The van der Waals surface area contributed by atoms with Gasteiger partial charge in [0.25, 0.3) is 0 Å². The predicted octanol–water partition coefficient (Wildman–Crippen LogP) is 3.09. The normalized spacial score (nSPS) is 15.9. The first kappa shape index (κ1) is 19.8. The first-order valence-electron chi connectivity index (χ1n) is 9.43. The largest absolute Gasteiger partial charge is 0.486 e. The molecule has 1 aromatic heterocycles. The lowest BCUT2D eigenvalue weighted by atomic mass is 10.0. The Balaban J connectivity index is 1.44. The fourth-order valence-corrected chi connectivity index (χ4v) is 4.19. The summed E-state index contributed by atoms with van der Waals surface area (Å²) in [6.07, 6.45) is 2.02. The second-order valence-corrected chi connectivity index (χ2v) is 7.74. The highest BCUT2D eigenvalue weighted by molar-refractivity contribution is 7.09. The van der Waals surface area contributed by atoms with Crippen LogP contribution in [0, 0.1) is 0 Å². The van der Waals surface area contributed by atoms with Crippen molar-refractivity contribution in [3.05, 3.63) is 46.4 Å². The summed E-state index contributed by atoms with van der Waals surface area (Å²) in [6, 6.07) is 10.2. The van der Waals surface area contributed by atoms with Crippen LogP contribution in [-0.4, -0.2) is 58.1 Å². The quantitative estimate of drug-likeness (QED) is 0.711. The van der Waals surface area contributed by atoms with Crippen LogP contribution in [0.2, 0.25) is 0 Å². The second-order valence-electron chi connectivity index (χ2n) is 6.80. The Morgan fingerprint density at radius 1 is 1.33 bits per heavy atom. The average Bonchev–Trinajstić information content (AvgIpc) is 3.13. The third-order valence-corrected chi connectivity index (χ3v) is 5.78. The van der Waals surface area contributed by atoms with Gasteiger partial charge in [0.15, 0.2) is 0 Å². The molecule has 0 spiro atoms. The van der Waals surface area contributed by atoms with Crippen LogP contribution in [0.15, 0.2) is 35.7 Å². The van der Waals surface area contributed by atoms with Gasteiger partial charge in [-0.3, -0.25) is 14.6 Å². The molecule has 1 N–H and O–H groups in total. The molecule has 1 aromatic carbocycles. The highest BCUT2D eigenvalue weighted by atomic mass is 32.1. The number of hydrogen-bond acceptors (Lipinski definition) is 6. The third kappa shape index (κ3) is 6.02. The highest BCUT2D eigenvalue weighted by Gasteiger charge is 2.25. The number of thiazole rings is 1. The third-order valence-electron chi connectivity index (χ3n) is 4.91. The standard InChI is InChI=1S/C20H27N3O3S/c1-2-23(13-20(24)25)17-8-10-22(11-9-17)12-16-15-27-19(21-16)14-26-18-6-4-3-5-7-18/h3-7,15,17H,2,8-14H2,1H3,(H,24,25). The Kier molecular flexibility index (Phi) is 7.20. The molecule has 1 saturated heterocycles. The molecule has 27 heavy (non-hydrogen) atoms. The lowest BCUT2D eigenvalue weighted by Crippen LogP contribution is -2.46. The highest BCUT2D eigenvalue weighted by Crippen LogP contribution is 2.20. The summed E-state index contributed by atoms with van der Waals surface area (Å²) in [7, 11) is 0. The molecule has 1 fully saturated rings. The van der Waals surface area contributed by atoms with Crippen LogP contribution in [0.25, 0.3) is 0 Å². The van der Waals surface area contributed by atoms with Crippen molar-refractivity contribution in [2.24, 2.45) is 0 Å². The van der Waals surface area contributed by atoms with Gasteiger partial charge in [0, 0.05) is 31.1 Å². The number of para-hydroxylation sites is 1. The van der Waals surface area contributed by atoms with Crippen molar-refractivity contribution in [3.8, 4) is 5.75 Å². The average molecular weight is 390 g/mol. The molecule has 0 bridgehead atoms. The van der Waals surface area contributed by atoms with Gasteiger partial charge in [-0.2, -0.15) is 0 Å². The number of aromatic nitrogens is 1. The van der Waals surface area contributed by atoms with E-state index in [0.29, 0.717) is 12.6 Å². The molecule has 2 heterocycles. The van der Waals surface area contributed by atoms with Crippen molar-refractivity contribution in [1.29, 1.82) is 0 Å². The number of benzene rings is 1. The first-order valence-corrected chi connectivity index (χ1v) is 10.3. The summed E-state index contributed by atoms with van der Waals surface area (Å²) < 4.78 is 5.76. The molecule has 0 radical (unpaired) electrons. The van der Waals surface area contributed by atoms with E-state index in [-0.39, 0.29) is 6.54 Å². The molecule has 3 rings (SSSR count). The van der Waals surface area contributed by atoms with Crippen molar-refractivity contribution >= 4 is 17.3 Å². The molecular weight excluding hydrogens is 362 g/mol. The van der Waals surface area contributed by atoms with Gasteiger partial charge in [-0.25, -0.2) is 4.98 Å². The zero-order chi connectivity index (χ0) is 19.1. The Hall–Kier alpha value is -1.96. The van der Waals surface area contributed by atoms with Gasteiger partial charge >= 0.3 is 5.97 Å². The molecule has 6 nitrogen and oxygen atoms in total. The lowest BCUT2D eigenvalue weighted by molar-refractivity contribution is -0.139. The van der Waals surface area contributed by atoms with Crippen LogP contribution < -0.4 is 4.74 Å². The number of rotatable bonds is 9. The second kappa shape index (κ2) is 9.82. The topological polar surface area (TPSA) is 65.9 Å². The smallest absolute Gasteiger partial charge is 0.317 e. The van der Waals surface area contributed by atoms with Gasteiger partial charge < -0.3 is 9.84 Å². The van der Waals surface area contributed by atoms with Gasteiger partial charge in [-0.1, -0.05) is 25.1 Å². The maximum Gasteiger partial charge on any atom is 0.317 e. The Morgan fingerprint density at radius 3 is 2.74 bits per heavy atom. The Morgan fingerprint density at radius 2 is 2.07 bits per heavy atom. The molecule has 146 valence electrons. The summed E-state index contributed by atoms with van der Waals surface area (Å²) in [5.41, 5.74) is 1.09. The number of carbonyl (C=O) groups is 1. The molecule has 0 unspecified atom stereocenters. The number of nitrogens with zero attached hydrogens (tertiary/aromatic N) is 3. The molecule has 7 heteroatoms. The number of carboxylic acids is 1. The maximum atomic E-state index is 11.0. The number of hydrogen-bond donors (Lipinski definition) is 1. The number of carboxylic acid groups (broad SMARTS) is 1. The number of likely N-dealkylation sites (tertiary alicyclic amines) is 1. The maximum absolute atomic E-state index is 11.0. The van der Waals surface area contributed by atoms with E-state index in [1.807, 2.05) is 37.3 Å². The Labute approximate surface area is 164 Å². The van der Waals surface area contributed by atoms with E-state index in [2.05, 4.69) is 15.2 Å². The van der Waals surface area contributed by atoms with Crippen LogP contribution in [0.4, 0.5) is 0 Å². The van der Waals surface area contributed by atoms with Crippen molar-refractivity contribution in [3.63, 3.8) is 0 Å². The first-order chi connectivity index (χ1) is 13.1. The van der Waals surface area contributed by atoms with Crippen LogP contribution in [0.3, 0.4) is 0 Å². The molecule has 0 aliphatic carbocycles. The van der Waals surface area contributed by atoms with Crippen LogP contribution in [0.1, 0.15) is 30.5 Å². The zero-order valence-electron chi connectivity index (χ0n) is 15.7. The summed E-state index contributed by atoms with van der Waals surface area (Å²) in [4.78, 5) is 20.2. The van der Waals surface area contributed by atoms with Crippen LogP contribution in [-0.2, 0) is 17.9 Å². The minimum atomic E-state index is -0.744. The van der Waals surface area contributed by atoms with E-state index >= 15 is 0 Å². The minimum absolute atomic E-state index is 0.137. The van der Waals surface area contributed by atoms with E-state index in [9.17, 15) is 4.79 Å². The van der Waals surface area contributed by atoms with Crippen LogP contribution in [0.5, 0.6) is 5.75 Å². The number of aliphatic carboxylic acids is 1. The van der Waals surface area contributed by atoms with E-state index in [4.69, 9.17) is 14.8 Å². The van der Waals surface area contributed by atoms with Gasteiger partial charge in [-0.05, 0) is 31.5 Å². The van der Waals surface area contributed by atoms with E-state index in [1.165, 1.54) is 0 Å². The van der Waals surface area contributed by atoms with Crippen molar-refractivity contribution in [2.45, 2.75) is 39.0 Å². The van der Waals surface area contributed by atoms with Crippen molar-refractivity contribution in [1.82, 2.24) is 14.8 Å². The van der Waals surface area contributed by atoms with Gasteiger partial charge in [-0.15, -0.1) is 11.3 Å². The molecule has 0 saturated carbocycles. The van der Waals surface area contributed by atoms with Crippen molar-refractivity contribution in [2.75, 3.05) is 26.2 Å². The number of piperidine rings is 1. The van der Waals surface area contributed by atoms with E-state index in [1.54, 1.807) is 11.3 Å². The molecule has 2 aromatic rings. The number of likely N-dealkylation sites (N-methyl/N-ethyl adjacent to an activating group) is 1. The summed E-state index contributed by atoms with van der Waals surface area (Å²) >= 11 is 1.64. The predicted molar refractivity (Wildman–Crippen MR) is 106 cm³/mol. The van der Waals surface area contributed by atoms with Gasteiger partial charge in [0.05, 0.1) is 12.2 Å². The molecular formula is C20H27N3O3S. The summed E-state index contributed by atoms with van der Waals surface area (Å²) in [5, 5.41) is 12.1. The van der Waals surface area contributed by atoms with Crippen molar-refractivity contribution < 1.29 is 14.6 Å². The van der Waals surface area contributed by atoms with Gasteiger partial charge in [0.2, 0.25) is 0 Å². The lowest BCUT2D eigenvalue weighted by Gasteiger charge is -2.37. The van der Waals surface area contributed by atoms with Crippen LogP contribution >= 0.6 is 11.3 Å². The fraction of sp³-hybridized carbons (Fsp3) is 0.500. The van der Waals surface area contributed by atoms with E-state index < -0.39 is 5.97 Å². The SMILES string of the molecule is CCN(CC(=O)O)C1CCN(Cc2csc(COc3ccccc3)n2)CC1. The molecule has 1 aliphatic heterocycles. The molecule has 0 amide bonds. The molecule has 1 aliphatic rings. The number of ether oxygens (including phenoxy) is 1. The monoisotopic (exact) mass is 389 g/mol.